The van der Waals surface area contributed by atoms with Gasteiger partial charge in [0, 0.05) is 61.1 Å². The van der Waals surface area contributed by atoms with Gasteiger partial charge in [0.05, 0.1) is 17.1 Å². The zero-order valence-electron chi connectivity index (χ0n) is 30.1. The summed E-state index contributed by atoms with van der Waals surface area (Å²) in [6.07, 6.45) is 1.81. The summed E-state index contributed by atoms with van der Waals surface area (Å²) in [5.74, 6) is 0.639. The van der Waals surface area contributed by atoms with E-state index in [1.54, 1.807) is 0 Å². The average Bonchev–Trinajstić information content (AvgIpc) is 3.86. The maximum absolute atomic E-state index is 6.59. The number of rotatable bonds is 6. The lowest BCUT2D eigenvalue weighted by Gasteiger charge is -2.14. The molecule has 0 aliphatic heterocycles. The molecule has 0 atom stereocenters. The molecule has 5 heteroatoms. The van der Waals surface area contributed by atoms with Gasteiger partial charge >= 0.3 is 0 Å². The molecular formula is C51H31N3O2. The van der Waals surface area contributed by atoms with E-state index in [0.29, 0.717) is 5.82 Å². The molecule has 0 radical (unpaired) electrons. The van der Waals surface area contributed by atoms with Crippen LogP contribution in [-0.2, 0) is 0 Å². The lowest BCUT2D eigenvalue weighted by molar-refractivity contribution is 0.670. The molecule has 0 unspecified atom stereocenters. The molecule has 11 rings (SSSR count). The quantitative estimate of drug-likeness (QED) is 0.171. The van der Waals surface area contributed by atoms with Crippen LogP contribution in [-0.4, -0.2) is 15.0 Å². The second-order valence-corrected chi connectivity index (χ2v) is 14.0. The van der Waals surface area contributed by atoms with E-state index in [1.807, 2.05) is 66.9 Å². The molecule has 0 fully saturated rings. The van der Waals surface area contributed by atoms with E-state index in [1.165, 1.54) is 0 Å². The molecular weight excluding hydrogens is 687 g/mol. The SMILES string of the molecule is c1ccc(-c2cc(-c3cc(-c4cccc5c4oc4ccccc45)cc(-c4cccc5c4oc4ccccc45)c3)nc(-c3ccc(-c4ccccn4)cc3)n2)cc1. The molecule has 4 aromatic heterocycles. The minimum Gasteiger partial charge on any atom is -0.455 e. The first-order valence-corrected chi connectivity index (χ1v) is 18.7. The van der Waals surface area contributed by atoms with E-state index in [0.717, 1.165) is 105 Å². The largest absolute Gasteiger partial charge is 0.455 e. The van der Waals surface area contributed by atoms with E-state index in [9.17, 15) is 0 Å². The number of para-hydroxylation sites is 4. The molecule has 262 valence electrons. The fourth-order valence-corrected chi connectivity index (χ4v) is 7.84. The van der Waals surface area contributed by atoms with Crippen molar-refractivity contribution in [3.05, 3.63) is 188 Å². The molecule has 0 bridgehead atoms. The highest BCUT2D eigenvalue weighted by Crippen LogP contribution is 2.42. The third kappa shape index (κ3) is 5.45. The third-order valence-corrected chi connectivity index (χ3v) is 10.6. The molecule has 4 heterocycles. The van der Waals surface area contributed by atoms with Gasteiger partial charge in [-0.25, -0.2) is 9.97 Å². The second-order valence-electron chi connectivity index (χ2n) is 14.0. The lowest BCUT2D eigenvalue weighted by Crippen LogP contribution is -1.97. The fraction of sp³-hybridized carbons (Fsp3) is 0. The Labute approximate surface area is 322 Å². The van der Waals surface area contributed by atoms with Crippen LogP contribution < -0.4 is 0 Å². The number of hydrogen-bond donors (Lipinski definition) is 0. The van der Waals surface area contributed by atoms with Gasteiger partial charge in [-0.3, -0.25) is 4.98 Å². The maximum atomic E-state index is 6.59. The summed E-state index contributed by atoms with van der Waals surface area (Å²) >= 11 is 0. The van der Waals surface area contributed by atoms with Crippen LogP contribution in [0.1, 0.15) is 0 Å². The predicted octanol–water partition coefficient (Wildman–Crippen LogP) is 13.7. The first-order valence-electron chi connectivity index (χ1n) is 18.7. The number of hydrogen-bond acceptors (Lipinski definition) is 5. The smallest absolute Gasteiger partial charge is 0.160 e. The van der Waals surface area contributed by atoms with Crippen LogP contribution >= 0.6 is 0 Å². The highest BCUT2D eigenvalue weighted by Gasteiger charge is 2.19. The Hall–Kier alpha value is -7.63. The van der Waals surface area contributed by atoms with Gasteiger partial charge in [0.25, 0.3) is 0 Å². The van der Waals surface area contributed by atoms with E-state index in [4.69, 9.17) is 18.8 Å². The Balaban J connectivity index is 1.15. The Morgan fingerprint density at radius 3 is 1.43 bits per heavy atom. The number of benzene rings is 7. The number of fused-ring (bicyclic) bond motifs is 6. The summed E-state index contributed by atoms with van der Waals surface area (Å²) in [6.45, 7) is 0. The van der Waals surface area contributed by atoms with Gasteiger partial charge < -0.3 is 8.83 Å². The molecule has 0 spiro atoms. The molecule has 0 aliphatic rings. The van der Waals surface area contributed by atoms with Crippen LogP contribution in [0.25, 0.3) is 111 Å². The molecule has 0 aliphatic carbocycles. The van der Waals surface area contributed by atoms with Crippen LogP contribution in [0, 0.1) is 0 Å². The molecule has 0 saturated heterocycles. The van der Waals surface area contributed by atoms with Crippen molar-refractivity contribution < 1.29 is 8.83 Å². The van der Waals surface area contributed by atoms with Crippen LogP contribution in [0.2, 0.25) is 0 Å². The number of furan rings is 2. The van der Waals surface area contributed by atoms with Crippen LogP contribution in [0.15, 0.2) is 197 Å². The maximum Gasteiger partial charge on any atom is 0.160 e. The monoisotopic (exact) mass is 717 g/mol. The first kappa shape index (κ1) is 31.9. The number of aromatic nitrogens is 3. The van der Waals surface area contributed by atoms with E-state index in [-0.39, 0.29) is 0 Å². The van der Waals surface area contributed by atoms with Crippen molar-refractivity contribution in [2.45, 2.75) is 0 Å². The van der Waals surface area contributed by atoms with Crippen LogP contribution in [0.5, 0.6) is 0 Å². The summed E-state index contributed by atoms with van der Waals surface area (Å²) in [7, 11) is 0. The Bertz CT molecular complexity index is 3110. The predicted molar refractivity (Wildman–Crippen MR) is 227 cm³/mol. The van der Waals surface area contributed by atoms with Crippen molar-refractivity contribution in [1.82, 2.24) is 15.0 Å². The standard InChI is InChI=1S/C51H31N3O2/c1-2-12-32(13-3-1)45-31-46(54-51(53-45)34-25-23-33(24-26-34)44-20-8-9-27-52-44)37-29-35(38-16-10-18-42-40-14-4-6-21-47(40)55-49(38)42)28-36(30-37)39-17-11-19-43-41-15-5-7-22-48(41)56-50(39)43/h1-31H. The highest BCUT2D eigenvalue weighted by molar-refractivity contribution is 6.11. The van der Waals surface area contributed by atoms with Crippen molar-refractivity contribution in [3.8, 4) is 67.4 Å². The highest BCUT2D eigenvalue weighted by atomic mass is 16.3. The van der Waals surface area contributed by atoms with Crippen molar-refractivity contribution in [2.75, 3.05) is 0 Å². The van der Waals surface area contributed by atoms with Gasteiger partial charge in [0.15, 0.2) is 5.82 Å². The van der Waals surface area contributed by atoms with Gasteiger partial charge in [-0.1, -0.05) is 133 Å². The summed E-state index contributed by atoms with van der Waals surface area (Å²) in [5.41, 5.74) is 13.9. The first-order chi connectivity index (χ1) is 27.7. The molecule has 0 saturated carbocycles. The summed E-state index contributed by atoms with van der Waals surface area (Å²) in [6, 6.07) is 62.5. The number of nitrogens with zero attached hydrogens (tertiary/aromatic N) is 3. The summed E-state index contributed by atoms with van der Waals surface area (Å²) in [4.78, 5) is 15.0. The van der Waals surface area contributed by atoms with E-state index < -0.39 is 0 Å². The number of pyridine rings is 1. The van der Waals surface area contributed by atoms with Crippen molar-refractivity contribution in [2.24, 2.45) is 0 Å². The zero-order valence-corrected chi connectivity index (χ0v) is 30.1. The van der Waals surface area contributed by atoms with Gasteiger partial charge in [-0.2, -0.15) is 0 Å². The Morgan fingerprint density at radius 2 is 0.821 bits per heavy atom. The third-order valence-electron chi connectivity index (χ3n) is 10.6. The Kier molecular flexibility index (Phi) is 7.42. The van der Waals surface area contributed by atoms with Crippen molar-refractivity contribution in [1.29, 1.82) is 0 Å². The summed E-state index contributed by atoms with van der Waals surface area (Å²) < 4.78 is 13.2. The zero-order chi connectivity index (χ0) is 37.0. The molecule has 5 nitrogen and oxygen atoms in total. The molecule has 56 heavy (non-hydrogen) atoms. The van der Waals surface area contributed by atoms with Crippen molar-refractivity contribution >= 4 is 43.9 Å². The topological polar surface area (TPSA) is 65.0 Å². The minimum atomic E-state index is 0.639. The van der Waals surface area contributed by atoms with E-state index >= 15 is 0 Å². The van der Waals surface area contributed by atoms with Gasteiger partial charge in [0.2, 0.25) is 0 Å². The van der Waals surface area contributed by atoms with Gasteiger partial charge in [0.1, 0.15) is 22.3 Å². The molecule has 11 aromatic rings. The Morgan fingerprint density at radius 1 is 0.321 bits per heavy atom. The van der Waals surface area contributed by atoms with Crippen LogP contribution in [0.3, 0.4) is 0 Å². The van der Waals surface area contributed by atoms with Gasteiger partial charge in [-0.15, -0.1) is 0 Å². The molecule has 7 aromatic carbocycles. The lowest BCUT2D eigenvalue weighted by atomic mass is 9.93. The average molecular weight is 718 g/mol. The minimum absolute atomic E-state index is 0.639. The van der Waals surface area contributed by atoms with E-state index in [2.05, 4.69) is 126 Å². The molecule has 0 amide bonds. The van der Waals surface area contributed by atoms with Gasteiger partial charge in [-0.05, 0) is 59.7 Å². The van der Waals surface area contributed by atoms with Crippen molar-refractivity contribution in [3.63, 3.8) is 0 Å². The molecule has 0 N–H and O–H groups in total. The second kappa shape index (κ2) is 13.0. The fourth-order valence-electron chi connectivity index (χ4n) is 7.84. The normalized spacial score (nSPS) is 11.6. The summed E-state index contributed by atoms with van der Waals surface area (Å²) in [5, 5.41) is 4.34. The van der Waals surface area contributed by atoms with Crippen LogP contribution in [0.4, 0.5) is 0 Å².